The molecule has 0 unspecified atom stereocenters. The smallest absolute Gasteiger partial charge is 0.330 e. The Kier molecular flexibility index (Phi) is 7.04. The normalized spacial score (nSPS) is 10.7. The predicted molar refractivity (Wildman–Crippen MR) is 124 cm³/mol. The predicted octanol–water partition coefficient (Wildman–Crippen LogP) is 2.94. The van der Waals surface area contributed by atoms with E-state index in [0.29, 0.717) is 22.3 Å². The fraction of sp³-hybridized carbons (Fsp3) is 0.190. The highest BCUT2D eigenvalue weighted by Crippen LogP contribution is 2.25. The molecule has 31 heavy (non-hydrogen) atoms. The van der Waals surface area contributed by atoms with Crippen LogP contribution in [0.25, 0.3) is 0 Å². The van der Waals surface area contributed by atoms with Crippen LogP contribution in [0, 0.1) is 0 Å². The zero-order valence-corrected chi connectivity index (χ0v) is 18.2. The SMILES string of the molecule is CCN(CC(=O)Nc1cc(Cl)ccc1Cl)c1c(N)n(Cc2ccccc2)c(=O)[nH]c1=O. The molecule has 8 nitrogen and oxygen atoms in total. The van der Waals surface area contributed by atoms with Crippen molar-refractivity contribution in [2.45, 2.75) is 13.5 Å². The number of nitrogens with zero attached hydrogens (tertiary/aromatic N) is 2. The van der Waals surface area contributed by atoms with E-state index >= 15 is 0 Å². The van der Waals surface area contributed by atoms with Gasteiger partial charge in [0, 0.05) is 11.6 Å². The first kappa shape index (κ1) is 22.5. The van der Waals surface area contributed by atoms with Crippen LogP contribution in [0.5, 0.6) is 0 Å². The first-order chi connectivity index (χ1) is 14.8. The van der Waals surface area contributed by atoms with Crippen LogP contribution in [0.2, 0.25) is 10.0 Å². The molecule has 10 heteroatoms. The van der Waals surface area contributed by atoms with Crippen molar-refractivity contribution in [3.05, 3.63) is 85.0 Å². The second-order valence-electron chi connectivity index (χ2n) is 6.75. The van der Waals surface area contributed by atoms with Gasteiger partial charge in [-0.05, 0) is 30.7 Å². The maximum absolute atomic E-state index is 12.6. The summed E-state index contributed by atoms with van der Waals surface area (Å²) in [5.74, 6) is -0.446. The van der Waals surface area contributed by atoms with Crippen molar-refractivity contribution in [3.63, 3.8) is 0 Å². The summed E-state index contributed by atoms with van der Waals surface area (Å²) in [6, 6.07) is 13.9. The van der Waals surface area contributed by atoms with Crippen LogP contribution in [-0.2, 0) is 11.3 Å². The number of likely N-dealkylation sites (N-methyl/N-ethyl adjacent to an activating group) is 1. The maximum atomic E-state index is 12.6. The summed E-state index contributed by atoms with van der Waals surface area (Å²) in [6.45, 7) is 2.06. The van der Waals surface area contributed by atoms with Crippen LogP contribution in [-0.4, -0.2) is 28.5 Å². The van der Waals surface area contributed by atoms with E-state index in [1.165, 1.54) is 15.5 Å². The number of benzene rings is 2. The summed E-state index contributed by atoms with van der Waals surface area (Å²) < 4.78 is 1.26. The van der Waals surface area contributed by atoms with Crippen molar-refractivity contribution in [2.24, 2.45) is 0 Å². The number of nitrogens with two attached hydrogens (primary N) is 1. The summed E-state index contributed by atoms with van der Waals surface area (Å²) in [5.41, 5.74) is 6.16. The van der Waals surface area contributed by atoms with Crippen molar-refractivity contribution < 1.29 is 4.79 Å². The summed E-state index contributed by atoms with van der Waals surface area (Å²) >= 11 is 12.0. The quantitative estimate of drug-likeness (QED) is 0.500. The van der Waals surface area contributed by atoms with Gasteiger partial charge in [-0.2, -0.15) is 0 Å². The molecule has 0 aliphatic heterocycles. The molecule has 0 fully saturated rings. The first-order valence-corrected chi connectivity index (χ1v) is 10.2. The number of anilines is 3. The number of nitrogen functional groups attached to an aromatic ring is 1. The van der Waals surface area contributed by atoms with E-state index in [2.05, 4.69) is 10.3 Å². The van der Waals surface area contributed by atoms with Gasteiger partial charge in [0.05, 0.1) is 23.8 Å². The minimum atomic E-state index is -0.665. The van der Waals surface area contributed by atoms with Crippen LogP contribution in [0.3, 0.4) is 0 Å². The molecule has 0 aliphatic rings. The lowest BCUT2D eigenvalue weighted by Crippen LogP contribution is -2.41. The minimum absolute atomic E-state index is 0.0203. The lowest BCUT2D eigenvalue weighted by molar-refractivity contribution is -0.115. The van der Waals surface area contributed by atoms with Gasteiger partial charge in [0.2, 0.25) is 5.91 Å². The number of aromatic amines is 1. The molecule has 1 amide bonds. The van der Waals surface area contributed by atoms with Gasteiger partial charge in [-0.25, -0.2) is 4.79 Å². The molecule has 0 spiro atoms. The molecule has 1 aromatic heterocycles. The van der Waals surface area contributed by atoms with Crippen LogP contribution in [0.1, 0.15) is 12.5 Å². The fourth-order valence-corrected chi connectivity index (χ4v) is 3.45. The molecule has 0 bridgehead atoms. The Bertz CT molecular complexity index is 1210. The van der Waals surface area contributed by atoms with Crippen molar-refractivity contribution in [2.75, 3.05) is 29.0 Å². The number of carbonyl (C=O) groups is 1. The van der Waals surface area contributed by atoms with Crippen LogP contribution in [0.15, 0.2) is 58.1 Å². The lowest BCUT2D eigenvalue weighted by atomic mass is 10.2. The standard InChI is InChI=1S/C21H21Cl2N5O3/c1-2-27(12-17(29)25-16-10-14(22)8-9-15(16)23)18-19(24)28(21(31)26-20(18)30)11-13-6-4-3-5-7-13/h3-10H,2,11-12,24H2,1H3,(H,25,29)(H,26,30,31). The number of halogens is 2. The Morgan fingerprint density at radius 2 is 1.87 bits per heavy atom. The number of nitrogens with one attached hydrogen (secondary N) is 2. The van der Waals surface area contributed by atoms with Crippen molar-refractivity contribution in [3.8, 4) is 0 Å². The molecule has 162 valence electrons. The van der Waals surface area contributed by atoms with Gasteiger partial charge in [-0.1, -0.05) is 53.5 Å². The lowest BCUT2D eigenvalue weighted by Gasteiger charge is -2.24. The molecule has 0 saturated carbocycles. The summed E-state index contributed by atoms with van der Waals surface area (Å²) in [5, 5.41) is 3.42. The third kappa shape index (κ3) is 5.28. The number of hydrogen-bond acceptors (Lipinski definition) is 5. The number of H-pyrrole nitrogens is 1. The summed E-state index contributed by atoms with van der Waals surface area (Å²) in [6.07, 6.45) is 0. The minimum Gasteiger partial charge on any atom is -0.383 e. The molecule has 1 heterocycles. The Morgan fingerprint density at radius 3 is 2.55 bits per heavy atom. The molecule has 0 atom stereocenters. The van der Waals surface area contributed by atoms with E-state index in [0.717, 1.165) is 5.56 Å². The number of amides is 1. The average Bonchev–Trinajstić information content (AvgIpc) is 2.73. The fourth-order valence-electron chi connectivity index (χ4n) is 3.11. The van der Waals surface area contributed by atoms with E-state index in [1.807, 2.05) is 30.3 Å². The van der Waals surface area contributed by atoms with Gasteiger partial charge >= 0.3 is 5.69 Å². The molecule has 0 radical (unpaired) electrons. The van der Waals surface area contributed by atoms with Crippen LogP contribution < -0.4 is 27.2 Å². The number of hydrogen-bond donors (Lipinski definition) is 3. The molecular weight excluding hydrogens is 441 g/mol. The molecule has 4 N–H and O–H groups in total. The zero-order valence-electron chi connectivity index (χ0n) is 16.7. The molecule has 0 aliphatic carbocycles. The van der Waals surface area contributed by atoms with Crippen molar-refractivity contribution >= 4 is 46.3 Å². The number of aromatic nitrogens is 2. The second kappa shape index (κ2) is 9.72. The number of rotatable bonds is 7. The highest BCUT2D eigenvalue weighted by molar-refractivity contribution is 6.35. The molecule has 0 saturated heterocycles. The molecule has 3 rings (SSSR count). The van der Waals surface area contributed by atoms with Crippen LogP contribution >= 0.6 is 23.2 Å². The maximum Gasteiger partial charge on any atom is 0.330 e. The summed E-state index contributed by atoms with van der Waals surface area (Å²) in [7, 11) is 0. The van der Waals surface area contributed by atoms with E-state index in [1.54, 1.807) is 19.1 Å². The van der Waals surface area contributed by atoms with Gasteiger partial charge in [-0.3, -0.25) is 19.1 Å². The first-order valence-electron chi connectivity index (χ1n) is 9.46. The van der Waals surface area contributed by atoms with Crippen molar-refractivity contribution in [1.29, 1.82) is 0 Å². The van der Waals surface area contributed by atoms with Crippen LogP contribution in [0.4, 0.5) is 17.2 Å². The monoisotopic (exact) mass is 461 g/mol. The number of carbonyl (C=O) groups excluding carboxylic acids is 1. The van der Waals surface area contributed by atoms with Gasteiger partial charge < -0.3 is 16.0 Å². The molecular formula is C21H21Cl2N5O3. The molecule has 3 aromatic rings. The van der Waals surface area contributed by atoms with E-state index in [-0.39, 0.29) is 24.6 Å². The van der Waals surface area contributed by atoms with Gasteiger partial charge in [-0.15, -0.1) is 0 Å². The zero-order chi connectivity index (χ0) is 22.5. The average molecular weight is 462 g/mol. The Labute approximate surface area is 188 Å². The molecule has 2 aromatic carbocycles. The highest BCUT2D eigenvalue weighted by atomic mass is 35.5. The topological polar surface area (TPSA) is 113 Å². The van der Waals surface area contributed by atoms with Crippen molar-refractivity contribution in [1.82, 2.24) is 9.55 Å². The van der Waals surface area contributed by atoms with E-state index in [9.17, 15) is 14.4 Å². The third-order valence-corrected chi connectivity index (χ3v) is 5.20. The second-order valence-corrected chi connectivity index (χ2v) is 7.60. The van der Waals surface area contributed by atoms with Gasteiger partial charge in [0.15, 0.2) is 0 Å². The van der Waals surface area contributed by atoms with Gasteiger partial charge in [0.1, 0.15) is 11.5 Å². The Morgan fingerprint density at radius 1 is 1.16 bits per heavy atom. The largest absolute Gasteiger partial charge is 0.383 e. The summed E-state index contributed by atoms with van der Waals surface area (Å²) in [4.78, 5) is 41.3. The highest BCUT2D eigenvalue weighted by Gasteiger charge is 2.20. The third-order valence-electron chi connectivity index (χ3n) is 4.63. The van der Waals surface area contributed by atoms with E-state index in [4.69, 9.17) is 28.9 Å². The van der Waals surface area contributed by atoms with E-state index < -0.39 is 17.2 Å². The van der Waals surface area contributed by atoms with Gasteiger partial charge in [0.25, 0.3) is 5.56 Å². The Hall–Kier alpha value is -3.23. The Balaban J connectivity index is 1.89.